The van der Waals surface area contributed by atoms with Crippen molar-refractivity contribution < 1.29 is 4.76 Å². The Kier molecular flexibility index (Phi) is 2.00. The molecule has 1 aromatic heterocycles. The van der Waals surface area contributed by atoms with Crippen LogP contribution in [0, 0.1) is 4.91 Å². The van der Waals surface area contributed by atoms with E-state index in [0.717, 1.165) is 16.0 Å². The molecule has 0 aliphatic carbocycles. The second-order valence-electron chi connectivity index (χ2n) is 2.80. The summed E-state index contributed by atoms with van der Waals surface area (Å²) >= 11 is 0. The minimum atomic E-state index is 0.427. The molecule has 3 heteroatoms. The zero-order valence-corrected chi connectivity index (χ0v) is 7.05. The van der Waals surface area contributed by atoms with Gasteiger partial charge in [0.05, 0.1) is 11.3 Å². The molecule has 0 saturated heterocycles. The predicted octanol–water partition coefficient (Wildman–Crippen LogP) is 1.77. The highest BCUT2D eigenvalue weighted by Gasteiger charge is 2.11. The third-order valence-corrected chi connectivity index (χ3v) is 1.83. The maximum atomic E-state index is 11.0. The van der Waals surface area contributed by atoms with Crippen LogP contribution >= 0.6 is 0 Å². The van der Waals surface area contributed by atoms with E-state index in [4.69, 9.17) is 0 Å². The Morgan fingerprint density at radius 3 is 3.00 bits per heavy atom. The Labute approximate surface area is 76.0 Å². The fourth-order valence-electron chi connectivity index (χ4n) is 1.22. The molecule has 0 spiro atoms. The van der Waals surface area contributed by atoms with Crippen LogP contribution in [0.1, 0.15) is 5.69 Å². The number of nitroso groups, excluding NO2 is 1. The summed E-state index contributed by atoms with van der Waals surface area (Å²) in [5.74, 6) is 0. The van der Waals surface area contributed by atoms with Gasteiger partial charge in [0.15, 0.2) is 0 Å². The van der Waals surface area contributed by atoms with Crippen LogP contribution in [0.5, 0.6) is 0 Å². The monoisotopic (exact) mass is 173 g/mol. The van der Waals surface area contributed by atoms with Gasteiger partial charge in [-0.3, -0.25) is 4.98 Å². The van der Waals surface area contributed by atoms with Crippen LogP contribution in [0.4, 0.5) is 0 Å². The van der Waals surface area contributed by atoms with Crippen LogP contribution in [0.2, 0.25) is 0 Å². The third-order valence-electron chi connectivity index (χ3n) is 1.83. The molecule has 2 rings (SSSR count). The van der Waals surface area contributed by atoms with Crippen LogP contribution in [-0.2, 0) is 0 Å². The summed E-state index contributed by atoms with van der Waals surface area (Å²) in [6.07, 6.45) is 7.02. The summed E-state index contributed by atoms with van der Waals surface area (Å²) in [7, 11) is 0. The molecule has 1 aliphatic rings. The van der Waals surface area contributed by atoms with E-state index in [9.17, 15) is 4.91 Å². The molecular formula is C10H9N2O+. The van der Waals surface area contributed by atoms with E-state index in [1.54, 1.807) is 12.4 Å². The fourth-order valence-corrected chi connectivity index (χ4v) is 1.22. The number of rotatable bonds is 1. The molecule has 3 nitrogen and oxygen atoms in total. The summed E-state index contributed by atoms with van der Waals surface area (Å²) in [6, 6.07) is 5.64. The van der Waals surface area contributed by atoms with E-state index in [2.05, 4.69) is 4.98 Å². The lowest BCUT2D eigenvalue weighted by atomic mass is 10.1. The zero-order chi connectivity index (χ0) is 9.10. The molecule has 0 atom stereocenters. The van der Waals surface area contributed by atoms with Crippen molar-refractivity contribution in [3.8, 4) is 0 Å². The first-order chi connectivity index (χ1) is 6.36. The average Bonchev–Trinajstić information content (AvgIpc) is 2.19. The minimum absolute atomic E-state index is 0.427. The molecule has 0 bridgehead atoms. The lowest BCUT2D eigenvalue weighted by molar-refractivity contribution is -0.467. The van der Waals surface area contributed by atoms with Crippen molar-refractivity contribution in [1.29, 1.82) is 0 Å². The van der Waals surface area contributed by atoms with Gasteiger partial charge in [-0.25, -0.2) is 0 Å². The van der Waals surface area contributed by atoms with E-state index >= 15 is 0 Å². The average molecular weight is 173 g/mol. The quantitative estimate of drug-likeness (QED) is 0.606. The summed E-state index contributed by atoms with van der Waals surface area (Å²) in [4.78, 5) is 15.2. The molecule has 0 unspecified atom stereocenters. The molecule has 0 amide bonds. The van der Waals surface area contributed by atoms with Crippen molar-refractivity contribution in [3.63, 3.8) is 0 Å². The van der Waals surface area contributed by atoms with Crippen molar-refractivity contribution in [2.75, 3.05) is 6.54 Å². The van der Waals surface area contributed by atoms with Gasteiger partial charge < -0.3 is 0 Å². The van der Waals surface area contributed by atoms with Crippen LogP contribution < -0.4 is 0 Å². The van der Waals surface area contributed by atoms with Gasteiger partial charge in [-0.05, 0) is 24.3 Å². The van der Waals surface area contributed by atoms with Gasteiger partial charge in [0.25, 0.3) is 0 Å². The van der Waals surface area contributed by atoms with E-state index in [-0.39, 0.29) is 0 Å². The highest BCUT2D eigenvalue weighted by Crippen LogP contribution is 2.14. The molecule has 1 aliphatic heterocycles. The van der Waals surface area contributed by atoms with Gasteiger partial charge in [0.1, 0.15) is 0 Å². The Bertz CT molecular complexity index is 379. The van der Waals surface area contributed by atoms with Crippen LogP contribution in [0.3, 0.4) is 0 Å². The predicted molar refractivity (Wildman–Crippen MR) is 49.8 cm³/mol. The van der Waals surface area contributed by atoms with E-state index < -0.39 is 0 Å². The molecule has 0 aromatic carbocycles. The molecule has 13 heavy (non-hydrogen) atoms. The van der Waals surface area contributed by atoms with E-state index in [1.165, 1.54) is 0 Å². The molecular weight excluding hydrogens is 164 g/mol. The normalized spacial score (nSPS) is 15.7. The number of pyridine rings is 1. The Hall–Kier alpha value is -1.77. The van der Waals surface area contributed by atoms with Crippen LogP contribution in [-0.4, -0.2) is 16.3 Å². The van der Waals surface area contributed by atoms with Crippen molar-refractivity contribution in [3.05, 3.63) is 53.3 Å². The van der Waals surface area contributed by atoms with Gasteiger partial charge in [-0.2, -0.15) is 0 Å². The Morgan fingerprint density at radius 1 is 1.38 bits per heavy atom. The van der Waals surface area contributed by atoms with E-state index in [0.29, 0.717) is 6.54 Å². The van der Waals surface area contributed by atoms with Gasteiger partial charge in [0, 0.05) is 15.9 Å². The maximum absolute atomic E-state index is 11.0. The largest absolute Gasteiger partial charge is 0.256 e. The molecule has 0 saturated carbocycles. The summed E-state index contributed by atoms with van der Waals surface area (Å²) < 4.78 is 0.893. The molecule has 0 N–H and O–H groups in total. The smallest absolute Gasteiger partial charge is 0.230 e. The standard InChI is InChI=1S/C10H9N2O/c13-12-7-3-4-9(8-12)10-5-1-2-6-11-10/h1-6,8H,7H2/q+1. The second-order valence-corrected chi connectivity index (χ2v) is 2.80. The van der Waals surface area contributed by atoms with Crippen molar-refractivity contribution in [2.24, 2.45) is 0 Å². The highest BCUT2D eigenvalue weighted by atomic mass is 16.3. The molecule has 0 fully saturated rings. The molecule has 2 heterocycles. The molecule has 0 radical (unpaired) electrons. The number of aromatic nitrogens is 1. The maximum Gasteiger partial charge on any atom is 0.230 e. The van der Waals surface area contributed by atoms with Gasteiger partial charge >= 0.3 is 0 Å². The molecule has 1 aromatic rings. The SMILES string of the molecule is O=[N+]1C=C(c2ccccn2)C=CC1. The topological polar surface area (TPSA) is 33.0 Å². The van der Waals surface area contributed by atoms with Crippen LogP contribution in [0.15, 0.2) is 42.7 Å². The first kappa shape index (κ1) is 7.86. The number of hydrogen-bond donors (Lipinski definition) is 0. The highest BCUT2D eigenvalue weighted by molar-refractivity contribution is 5.70. The first-order valence-corrected chi connectivity index (χ1v) is 4.10. The van der Waals surface area contributed by atoms with Gasteiger partial charge in [-0.15, -0.1) is 0 Å². The number of hydrogen-bond acceptors (Lipinski definition) is 2. The second kappa shape index (κ2) is 3.31. The van der Waals surface area contributed by atoms with Crippen molar-refractivity contribution >= 4 is 5.57 Å². The van der Waals surface area contributed by atoms with E-state index in [1.807, 2.05) is 30.4 Å². The fraction of sp³-hybridized carbons (Fsp3) is 0.100. The third kappa shape index (κ3) is 1.69. The van der Waals surface area contributed by atoms with Crippen LogP contribution in [0.25, 0.3) is 5.57 Å². The number of allylic oxidation sites excluding steroid dienone is 2. The summed E-state index contributed by atoms with van der Waals surface area (Å²) in [6.45, 7) is 0.427. The summed E-state index contributed by atoms with van der Waals surface area (Å²) in [5.41, 5.74) is 1.70. The minimum Gasteiger partial charge on any atom is -0.256 e. The summed E-state index contributed by atoms with van der Waals surface area (Å²) in [5, 5.41) is 0. The van der Waals surface area contributed by atoms with Crippen molar-refractivity contribution in [2.45, 2.75) is 0 Å². The Morgan fingerprint density at radius 2 is 2.31 bits per heavy atom. The Balaban J connectivity index is 2.37. The van der Waals surface area contributed by atoms with Crippen molar-refractivity contribution in [1.82, 2.24) is 4.98 Å². The lowest BCUT2D eigenvalue weighted by Gasteiger charge is -1.99. The zero-order valence-electron chi connectivity index (χ0n) is 7.05. The van der Waals surface area contributed by atoms with Gasteiger partial charge in [0.2, 0.25) is 12.7 Å². The van der Waals surface area contributed by atoms with Gasteiger partial charge in [-0.1, -0.05) is 6.07 Å². The lowest BCUT2D eigenvalue weighted by Crippen LogP contribution is -2.04. The molecule has 64 valence electrons. The first-order valence-electron chi connectivity index (χ1n) is 4.10. The number of nitrogens with zero attached hydrogens (tertiary/aromatic N) is 2.